The topological polar surface area (TPSA) is 61.1 Å². The summed E-state index contributed by atoms with van der Waals surface area (Å²) in [5.74, 6) is -0.179. The first kappa shape index (κ1) is 9.99. The number of carbonyl (C=O) groups excluding carboxylic acids is 1. The lowest BCUT2D eigenvalue weighted by Gasteiger charge is -2.04. The van der Waals surface area contributed by atoms with Gasteiger partial charge in [-0.25, -0.2) is 0 Å². The minimum absolute atomic E-state index is 0.0322. The molecule has 13 heavy (non-hydrogen) atoms. The molecule has 1 aromatic carbocycles. The highest BCUT2D eigenvalue weighted by Crippen LogP contribution is 2.26. The van der Waals surface area contributed by atoms with E-state index in [1.54, 1.807) is 0 Å². The number of halogens is 1. The van der Waals surface area contributed by atoms with Gasteiger partial charge in [0, 0.05) is 0 Å². The molecule has 0 radical (unpaired) electrons. The monoisotopic (exact) mass is 287 g/mol. The zero-order chi connectivity index (χ0) is 10.0. The van der Waals surface area contributed by atoms with Gasteiger partial charge in [0.25, 0.3) is 0 Å². The largest absolute Gasteiger partial charge is 0.507 e. The number of ketones is 1. The third-order valence-corrected chi connectivity index (χ3v) is 2.69. The van der Waals surface area contributed by atoms with Crippen molar-refractivity contribution in [2.45, 2.75) is 6.92 Å². The molecule has 0 aliphatic rings. The highest BCUT2D eigenvalue weighted by Gasteiger charge is 2.14. The van der Waals surface area contributed by atoms with E-state index in [-0.39, 0.29) is 11.5 Å². The van der Waals surface area contributed by atoms with Crippen molar-refractivity contribution in [3.05, 3.63) is 26.8 Å². The summed E-state index contributed by atoms with van der Waals surface area (Å²) in [6.45, 7) is 1.37. The molecule has 0 spiro atoms. The van der Waals surface area contributed by atoms with Crippen LogP contribution in [0.5, 0.6) is 5.75 Å². The summed E-state index contributed by atoms with van der Waals surface area (Å²) >= 11 is 1.85. The number of nitrogens with zero attached hydrogens (tertiary/aromatic N) is 1. The SMILES string of the molecule is CC(=O)c1c(C#N)ccc(O)c1I. The second kappa shape index (κ2) is 3.75. The van der Waals surface area contributed by atoms with Gasteiger partial charge in [0.05, 0.1) is 20.8 Å². The van der Waals surface area contributed by atoms with Crippen LogP contribution in [0.2, 0.25) is 0 Å². The van der Waals surface area contributed by atoms with E-state index in [0.717, 1.165) is 0 Å². The smallest absolute Gasteiger partial charge is 0.162 e. The number of nitriles is 1. The van der Waals surface area contributed by atoms with Gasteiger partial charge in [0.2, 0.25) is 0 Å². The molecule has 1 rings (SSSR count). The molecule has 66 valence electrons. The minimum atomic E-state index is -0.211. The maximum Gasteiger partial charge on any atom is 0.162 e. The summed E-state index contributed by atoms with van der Waals surface area (Å²) in [5.41, 5.74) is 0.595. The fraction of sp³-hybridized carbons (Fsp3) is 0.111. The van der Waals surface area contributed by atoms with Crippen LogP contribution in [-0.2, 0) is 0 Å². The van der Waals surface area contributed by atoms with Gasteiger partial charge in [-0.15, -0.1) is 0 Å². The quantitative estimate of drug-likeness (QED) is 0.635. The van der Waals surface area contributed by atoms with Crippen molar-refractivity contribution in [2.24, 2.45) is 0 Å². The molecule has 0 saturated carbocycles. The predicted octanol–water partition coefficient (Wildman–Crippen LogP) is 2.07. The summed E-state index contributed by atoms with van der Waals surface area (Å²) in [5, 5.41) is 18.0. The fourth-order valence-electron chi connectivity index (χ4n) is 1.00. The Hall–Kier alpha value is -1.09. The van der Waals surface area contributed by atoms with Crippen molar-refractivity contribution in [1.29, 1.82) is 5.26 Å². The predicted molar refractivity (Wildman–Crippen MR) is 55.5 cm³/mol. The molecule has 0 aliphatic heterocycles. The molecule has 0 unspecified atom stereocenters. The second-order valence-electron chi connectivity index (χ2n) is 2.49. The van der Waals surface area contributed by atoms with Gasteiger partial charge in [0.15, 0.2) is 5.78 Å². The van der Waals surface area contributed by atoms with Crippen molar-refractivity contribution < 1.29 is 9.90 Å². The number of phenolic OH excluding ortho intramolecular Hbond substituents is 1. The van der Waals surface area contributed by atoms with Crippen LogP contribution >= 0.6 is 22.6 Å². The number of aromatic hydroxyl groups is 1. The third-order valence-electron chi connectivity index (χ3n) is 1.59. The number of hydrogen-bond acceptors (Lipinski definition) is 3. The Labute approximate surface area is 89.1 Å². The Balaban J connectivity index is 3.53. The lowest BCUT2D eigenvalue weighted by molar-refractivity contribution is 0.101. The standard InChI is InChI=1S/C9H6INO2/c1-5(12)8-6(4-11)2-3-7(13)9(8)10/h2-3,13H,1H3. The maximum absolute atomic E-state index is 11.1. The highest BCUT2D eigenvalue weighted by atomic mass is 127. The molecule has 1 aromatic rings. The number of hydrogen-bond donors (Lipinski definition) is 1. The zero-order valence-electron chi connectivity index (χ0n) is 6.84. The Morgan fingerprint density at radius 3 is 2.69 bits per heavy atom. The van der Waals surface area contributed by atoms with Crippen LogP contribution in [0.3, 0.4) is 0 Å². The zero-order valence-corrected chi connectivity index (χ0v) is 8.99. The van der Waals surface area contributed by atoms with Gasteiger partial charge in [-0.1, -0.05) is 0 Å². The number of phenols is 1. The molecular weight excluding hydrogens is 281 g/mol. The number of rotatable bonds is 1. The fourth-order valence-corrected chi connectivity index (χ4v) is 1.85. The molecule has 1 N–H and O–H groups in total. The van der Waals surface area contributed by atoms with Crippen LogP contribution in [0.25, 0.3) is 0 Å². The van der Waals surface area contributed by atoms with E-state index in [1.165, 1.54) is 19.1 Å². The van der Waals surface area contributed by atoms with E-state index in [0.29, 0.717) is 14.7 Å². The van der Waals surface area contributed by atoms with Crippen molar-refractivity contribution in [1.82, 2.24) is 0 Å². The minimum Gasteiger partial charge on any atom is -0.507 e. The Bertz CT molecular complexity index is 407. The van der Waals surface area contributed by atoms with Gasteiger partial charge >= 0.3 is 0 Å². The summed E-state index contributed by atoms with van der Waals surface area (Å²) in [4.78, 5) is 11.1. The molecular formula is C9H6INO2. The molecule has 0 bridgehead atoms. The number of benzene rings is 1. The van der Waals surface area contributed by atoms with E-state index >= 15 is 0 Å². The van der Waals surface area contributed by atoms with E-state index < -0.39 is 0 Å². The van der Waals surface area contributed by atoms with Crippen LogP contribution < -0.4 is 0 Å². The first-order chi connectivity index (χ1) is 6.07. The highest BCUT2D eigenvalue weighted by molar-refractivity contribution is 14.1. The van der Waals surface area contributed by atoms with E-state index in [1.807, 2.05) is 28.7 Å². The second-order valence-corrected chi connectivity index (χ2v) is 3.57. The first-order valence-corrected chi connectivity index (χ1v) is 4.58. The number of carbonyl (C=O) groups is 1. The molecule has 0 fully saturated rings. The summed E-state index contributed by atoms with van der Waals surface area (Å²) in [6, 6.07) is 4.76. The van der Waals surface area contributed by atoms with Crippen LogP contribution in [0, 0.1) is 14.9 Å². The molecule has 0 aromatic heterocycles. The number of Topliss-reactive ketones (excluding diaryl/α,β-unsaturated/α-hetero) is 1. The van der Waals surface area contributed by atoms with Gasteiger partial charge in [0.1, 0.15) is 5.75 Å². The van der Waals surface area contributed by atoms with Crippen LogP contribution in [0.15, 0.2) is 12.1 Å². The van der Waals surface area contributed by atoms with Crippen molar-refractivity contribution >= 4 is 28.4 Å². The summed E-state index contributed by atoms with van der Waals surface area (Å²) in [6.07, 6.45) is 0. The Kier molecular flexibility index (Phi) is 2.88. The first-order valence-electron chi connectivity index (χ1n) is 3.50. The summed E-state index contributed by atoms with van der Waals surface area (Å²) in [7, 11) is 0. The van der Waals surface area contributed by atoms with Crippen LogP contribution in [0.1, 0.15) is 22.8 Å². The maximum atomic E-state index is 11.1. The van der Waals surface area contributed by atoms with Gasteiger partial charge in [-0.2, -0.15) is 5.26 Å². The van der Waals surface area contributed by atoms with Gasteiger partial charge in [-0.05, 0) is 41.6 Å². The van der Waals surface area contributed by atoms with E-state index in [4.69, 9.17) is 5.26 Å². The van der Waals surface area contributed by atoms with Gasteiger partial charge < -0.3 is 5.11 Å². The lowest BCUT2D eigenvalue weighted by Crippen LogP contribution is -2.00. The molecule has 3 nitrogen and oxygen atoms in total. The van der Waals surface area contributed by atoms with Crippen LogP contribution in [-0.4, -0.2) is 10.9 Å². The molecule has 0 atom stereocenters. The molecule has 0 saturated heterocycles. The van der Waals surface area contributed by atoms with Crippen molar-refractivity contribution in [3.63, 3.8) is 0 Å². The summed E-state index contributed by atoms with van der Waals surface area (Å²) < 4.78 is 0.434. The lowest BCUT2D eigenvalue weighted by atomic mass is 10.1. The van der Waals surface area contributed by atoms with E-state index in [9.17, 15) is 9.90 Å². The average Bonchev–Trinajstić information content (AvgIpc) is 2.08. The van der Waals surface area contributed by atoms with Crippen LogP contribution in [0.4, 0.5) is 0 Å². The van der Waals surface area contributed by atoms with Crippen molar-refractivity contribution in [3.8, 4) is 11.8 Å². The average molecular weight is 287 g/mol. The molecule has 0 aliphatic carbocycles. The normalized spacial score (nSPS) is 9.31. The van der Waals surface area contributed by atoms with Gasteiger partial charge in [-0.3, -0.25) is 4.79 Å². The third kappa shape index (κ3) is 1.80. The Morgan fingerprint density at radius 2 is 2.23 bits per heavy atom. The molecule has 4 heteroatoms. The van der Waals surface area contributed by atoms with E-state index in [2.05, 4.69) is 0 Å². The molecule has 0 amide bonds. The van der Waals surface area contributed by atoms with Crippen molar-refractivity contribution in [2.75, 3.05) is 0 Å². The Morgan fingerprint density at radius 1 is 1.62 bits per heavy atom. The molecule has 0 heterocycles.